The number of β-amino-alcohol motifs (C(OH)–C–C–N with tert-alkyl or cyclic N) is 1. The molecule has 1 aromatic carbocycles. The number of aliphatic hydroxyl groups excluding tert-OH is 1. The molecule has 1 aliphatic heterocycles. The molecule has 5 nitrogen and oxygen atoms in total. The van der Waals surface area contributed by atoms with E-state index < -0.39 is 6.10 Å². The first-order valence-electron chi connectivity index (χ1n) is 7.63. The molecule has 0 spiro atoms. The lowest BCUT2D eigenvalue weighted by molar-refractivity contribution is -0.0703. The smallest absolute Gasteiger partial charge is 0.159 e. The minimum absolute atomic E-state index is 0. The Kier molecular flexibility index (Phi) is 7.48. The van der Waals surface area contributed by atoms with Crippen molar-refractivity contribution >= 4 is 18.2 Å². The van der Waals surface area contributed by atoms with E-state index >= 15 is 0 Å². The number of Topliss-reactive ketones (excluding diaryl/α,β-unsaturated/α-hetero) is 1. The maximum absolute atomic E-state index is 11.2. The Bertz CT molecular complexity index is 504. The molecule has 23 heavy (non-hydrogen) atoms. The molecule has 6 heteroatoms. The van der Waals surface area contributed by atoms with Crippen molar-refractivity contribution in [1.82, 2.24) is 4.90 Å². The largest absolute Gasteiger partial charge is 0.491 e. The van der Waals surface area contributed by atoms with Crippen LogP contribution < -0.4 is 4.74 Å². The van der Waals surface area contributed by atoms with Gasteiger partial charge in [-0.05, 0) is 45.0 Å². The number of carbonyl (C=O) groups excluding carboxylic acids is 1. The van der Waals surface area contributed by atoms with E-state index in [0.29, 0.717) is 31.1 Å². The molecule has 0 radical (unpaired) electrons. The summed E-state index contributed by atoms with van der Waals surface area (Å²) in [6, 6.07) is 6.97. The monoisotopic (exact) mass is 343 g/mol. The van der Waals surface area contributed by atoms with Gasteiger partial charge in [-0.3, -0.25) is 9.69 Å². The van der Waals surface area contributed by atoms with Gasteiger partial charge in [0.25, 0.3) is 0 Å². The second-order valence-electron chi connectivity index (χ2n) is 6.36. The molecular weight excluding hydrogens is 318 g/mol. The molecule has 0 aromatic heterocycles. The molecular formula is C17H26ClNO4. The van der Waals surface area contributed by atoms with Crippen molar-refractivity contribution in [2.75, 3.05) is 32.9 Å². The Labute approximate surface area is 144 Å². The second kappa shape index (κ2) is 8.64. The molecule has 1 N–H and O–H groups in total. The Hall–Kier alpha value is -1.14. The average molecular weight is 344 g/mol. The Morgan fingerprint density at radius 2 is 2.04 bits per heavy atom. The standard InChI is InChI=1S/C17H25NO4.ClH/c1-13(19)14-4-6-16(7-5-14)22-11-15(20)10-18-8-9-21-12-17(18,2)3;/h4-7,15,20H,8-12H2,1-3H3;1H. The fraction of sp³-hybridized carbons (Fsp3) is 0.588. The molecule has 1 atom stereocenters. The zero-order chi connectivity index (χ0) is 16.2. The number of benzene rings is 1. The maximum Gasteiger partial charge on any atom is 0.159 e. The van der Waals surface area contributed by atoms with E-state index in [1.807, 2.05) is 0 Å². The van der Waals surface area contributed by atoms with Gasteiger partial charge in [0.1, 0.15) is 18.5 Å². The van der Waals surface area contributed by atoms with Crippen LogP contribution in [0, 0.1) is 0 Å². The van der Waals surface area contributed by atoms with Crippen LogP contribution in [0.2, 0.25) is 0 Å². The van der Waals surface area contributed by atoms with Crippen molar-refractivity contribution in [3.05, 3.63) is 29.8 Å². The molecule has 0 saturated carbocycles. The van der Waals surface area contributed by atoms with E-state index in [4.69, 9.17) is 9.47 Å². The van der Waals surface area contributed by atoms with Gasteiger partial charge in [0.2, 0.25) is 0 Å². The average Bonchev–Trinajstić information content (AvgIpc) is 2.47. The van der Waals surface area contributed by atoms with Crippen molar-refractivity contribution in [2.24, 2.45) is 0 Å². The molecule has 0 aliphatic carbocycles. The number of aliphatic hydroxyl groups is 1. The lowest BCUT2D eigenvalue weighted by Gasteiger charge is -2.42. The number of rotatable bonds is 6. The van der Waals surface area contributed by atoms with Crippen molar-refractivity contribution in [3.63, 3.8) is 0 Å². The molecule has 1 unspecified atom stereocenters. The van der Waals surface area contributed by atoms with Gasteiger partial charge in [-0.1, -0.05) is 0 Å². The van der Waals surface area contributed by atoms with Crippen LogP contribution >= 0.6 is 12.4 Å². The summed E-state index contributed by atoms with van der Waals surface area (Å²) in [7, 11) is 0. The molecule has 1 heterocycles. The lowest BCUT2D eigenvalue weighted by atomic mass is 10.0. The van der Waals surface area contributed by atoms with Gasteiger partial charge in [0.15, 0.2) is 5.78 Å². The number of morpholine rings is 1. The van der Waals surface area contributed by atoms with Crippen LogP contribution in [0.3, 0.4) is 0 Å². The third-order valence-electron chi connectivity index (χ3n) is 3.95. The van der Waals surface area contributed by atoms with Gasteiger partial charge in [-0.15, -0.1) is 12.4 Å². The predicted octanol–water partition coefficient (Wildman–Crippen LogP) is 2.16. The molecule has 1 fully saturated rings. The number of carbonyl (C=O) groups is 1. The first-order valence-corrected chi connectivity index (χ1v) is 7.63. The molecule has 2 rings (SSSR count). The highest BCUT2D eigenvalue weighted by Gasteiger charge is 2.31. The van der Waals surface area contributed by atoms with Crippen molar-refractivity contribution < 1.29 is 19.4 Å². The van der Waals surface area contributed by atoms with E-state index in [0.717, 1.165) is 6.54 Å². The van der Waals surface area contributed by atoms with Crippen LogP contribution in [0.25, 0.3) is 0 Å². The number of ketones is 1. The molecule has 1 aliphatic rings. The highest BCUT2D eigenvalue weighted by atomic mass is 35.5. The first-order chi connectivity index (χ1) is 10.4. The van der Waals surface area contributed by atoms with Gasteiger partial charge in [0, 0.05) is 24.2 Å². The van der Waals surface area contributed by atoms with E-state index in [2.05, 4.69) is 18.7 Å². The summed E-state index contributed by atoms with van der Waals surface area (Å²) in [5.41, 5.74) is 0.588. The van der Waals surface area contributed by atoms with Crippen LogP contribution in [0.4, 0.5) is 0 Å². The minimum atomic E-state index is -0.565. The zero-order valence-electron chi connectivity index (χ0n) is 13.9. The van der Waals surface area contributed by atoms with Crippen molar-refractivity contribution in [3.8, 4) is 5.75 Å². The Morgan fingerprint density at radius 3 is 2.61 bits per heavy atom. The zero-order valence-corrected chi connectivity index (χ0v) is 14.8. The van der Waals surface area contributed by atoms with Crippen LogP contribution in [0.15, 0.2) is 24.3 Å². The summed E-state index contributed by atoms with van der Waals surface area (Å²) < 4.78 is 11.1. The summed E-state index contributed by atoms with van der Waals surface area (Å²) in [4.78, 5) is 13.4. The van der Waals surface area contributed by atoms with Gasteiger partial charge >= 0.3 is 0 Å². The summed E-state index contributed by atoms with van der Waals surface area (Å²) in [6.45, 7) is 8.73. The Morgan fingerprint density at radius 1 is 1.39 bits per heavy atom. The molecule has 0 amide bonds. The molecule has 1 aromatic rings. The molecule has 1 saturated heterocycles. The molecule has 130 valence electrons. The maximum atomic E-state index is 11.2. The van der Waals surface area contributed by atoms with Crippen LogP contribution in [-0.4, -0.2) is 60.3 Å². The number of hydrogen-bond donors (Lipinski definition) is 1. The topological polar surface area (TPSA) is 59.0 Å². The number of hydrogen-bond acceptors (Lipinski definition) is 5. The highest BCUT2D eigenvalue weighted by Crippen LogP contribution is 2.19. The Balaban J connectivity index is 0.00000264. The van der Waals surface area contributed by atoms with Crippen LogP contribution in [-0.2, 0) is 4.74 Å². The third-order valence-corrected chi connectivity index (χ3v) is 3.95. The van der Waals surface area contributed by atoms with Crippen LogP contribution in [0.1, 0.15) is 31.1 Å². The minimum Gasteiger partial charge on any atom is -0.491 e. The lowest BCUT2D eigenvalue weighted by Crippen LogP contribution is -2.55. The summed E-state index contributed by atoms with van der Waals surface area (Å²) in [5, 5.41) is 10.2. The summed E-state index contributed by atoms with van der Waals surface area (Å²) in [5.74, 6) is 0.687. The fourth-order valence-corrected chi connectivity index (χ4v) is 2.51. The normalized spacial score (nSPS) is 18.8. The summed E-state index contributed by atoms with van der Waals surface area (Å²) in [6.07, 6.45) is -0.565. The highest BCUT2D eigenvalue weighted by molar-refractivity contribution is 5.94. The van der Waals surface area contributed by atoms with Crippen molar-refractivity contribution in [2.45, 2.75) is 32.4 Å². The fourth-order valence-electron chi connectivity index (χ4n) is 2.51. The predicted molar refractivity (Wildman–Crippen MR) is 91.7 cm³/mol. The number of ether oxygens (including phenoxy) is 2. The van der Waals surface area contributed by atoms with E-state index in [9.17, 15) is 9.90 Å². The molecule has 0 bridgehead atoms. The SMILES string of the molecule is CC(=O)c1ccc(OCC(O)CN2CCOCC2(C)C)cc1.Cl. The van der Waals surface area contributed by atoms with Gasteiger partial charge in [0.05, 0.1) is 13.2 Å². The third kappa shape index (κ3) is 5.77. The van der Waals surface area contributed by atoms with Gasteiger partial charge in [-0.2, -0.15) is 0 Å². The van der Waals surface area contributed by atoms with E-state index in [-0.39, 0.29) is 30.3 Å². The first kappa shape index (κ1) is 19.9. The number of halogens is 1. The number of nitrogens with zero attached hydrogens (tertiary/aromatic N) is 1. The summed E-state index contributed by atoms with van der Waals surface area (Å²) >= 11 is 0. The van der Waals surface area contributed by atoms with E-state index in [1.54, 1.807) is 24.3 Å². The van der Waals surface area contributed by atoms with Crippen LogP contribution in [0.5, 0.6) is 5.75 Å². The van der Waals surface area contributed by atoms with Crippen molar-refractivity contribution in [1.29, 1.82) is 0 Å². The van der Waals surface area contributed by atoms with E-state index in [1.165, 1.54) is 6.92 Å². The second-order valence-corrected chi connectivity index (χ2v) is 6.36. The van der Waals surface area contributed by atoms with Gasteiger partial charge < -0.3 is 14.6 Å². The quantitative estimate of drug-likeness (QED) is 0.802. The van der Waals surface area contributed by atoms with Gasteiger partial charge in [-0.25, -0.2) is 0 Å².